The maximum Gasteiger partial charge on any atom is 0.233 e. The van der Waals surface area contributed by atoms with Crippen molar-refractivity contribution < 1.29 is 17.2 Å². The summed E-state index contributed by atoms with van der Waals surface area (Å²) in [7, 11) is -3.77. The molecule has 1 unspecified atom stereocenters. The Labute approximate surface area is 245 Å². The van der Waals surface area contributed by atoms with E-state index in [1.54, 1.807) is 18.6 Å². The molecule has 1 aromatic carbocycles. The van der Waals surface area contributed by atoms with E-state index in [2.05, 4.69) is 50.5 Å². The van der Waals surface area contributed by atoms with Crippen LogP contribution >= 0.6 is 0 Å². The molecule has 3 aromatic rings. The van der Waals surface area contributed by atoms with Gasteiger partial charge in [-0.3, -0.25) is 4.72 Å². The lowest BCUT2D eigenvalue weighted by Gasteiger charge is -2.38. The molecule has 2 fully saturated rings. The maximum absolute atomic E-state index is 16.1. The van der Waals surface area contributed by atoms with E-state index in [1.807, 2.05) is 6.08 Å². The van der Waals surface area contributed by atoms with Crippen LogP contribution in [0.2, 0.25) is 0 Å². The monoisotopic (exact) mass is 594 g/mol. The first-order valence-corrected chi connectivity index (χ1v) is 16.3. The molecular weight excluding hydrogens is 558 g/mol. The lowest BCUT2D eigenvalue weighted by molar-refractivity contribution is 0.158. The zero-order chi connectivity index (χ0) is 29.4. The van der Waals surface area contributed by atoms with Gasteiger partial charge >= 0.3 is 0 Å². The van der Waals surface area contributed by atoms with E-state index < -0.39 is 21.7 Å². The number of allylic oxidation sites excluding steroid dienone is 2. The average Bonchev–Trinajstić information content (AvgIpc) is 3.76. The first-order chi connectivity index (χ1) is 20.3. The Bertz CT molecular complexity index is 1730. The number of piperazine rings is 1. The largest absolute Gasteiger partial charge is 0.372 e. The van der Waals surface area contributed by atoms with Crippen LogP contribution in [0, 0.1) is 23.5 Å². The lowest BCUT2D eigenvalue weighted by atomic mass is 9.98. The molecule has 6 rings (SSSR count). The fraction of sp³-hybridized carbons (Fsp3) is 0.419. The molecule has 1 saturated carbocycles. The summed E-state index contributed by atoms with van der Waals surface area (Å²) in [6.07, 6.45) is 15.2. The Morgan fingerprint density at radius 2 is 1.76 bits per heavy atom. The highest BCUT2D eigenvalue weighted by Gasteiger charge is 2.30. The van der Waals surface area contributed by atoms with Gasteiger partial charge in [-0.15, -0.1) is 0 Å². The first kappa shape index (κ1) is 28.5. The van der Waals surface area contributed by atoms with Gasteiger partial charge in [0.25, 0.3) is 0 Å². The molecule has 8 nitrogen and oxygen atoms in total. The summed E-state index contributed by atoms with van der Waals surface area (Å²) in [6, 6.07) is 2.25. The summed E-state index contributed by atoms with van der Waals surface area (Å²) in [5, 5.41) is 1.43. The second kappa shape index (κ2) is 11.6. The number of nitrogens with one attached hydrogen (secondary N) is 1. The zero-order valence-corrected chi connectivity index (χ0v) is 24.7. The van der Waals surface area contributed by atoms with E-state index >= 15 is 8.78 Å². The number of sulfonamides is 1. The number of hydrogen-bond donors (Lipinski definition) is 1. The molecule has 2 aromatic heterocycles. The van der Waals surface area contributed by atoms with Crippen molar-refractivity contribution >= 4 is 27.9 Å². The van der Waals surface area contributed by atoms with Gasteiger partial charge in [-0.25, -0.2) is 27.2 Å². The van der Waals surface area contributed by atoms with Crippen molar-refractivity contribution in [1.29, 1.82) is 0 Å². The van der Waals surface area contributed by atoms with Crippen LogP contribution in [0.1, 0.15) is 33.1 Å². The second-order valence-electron chi connectivity index (χ2n) is 11.3. The molecule has 2 aliphatic carbocycles. The van der Waals surface area contributed by atoms with Crippen LogP contribution < -0.4 is 15.3 Å². The molecular formula is C31H36F2N6O2S. The molecule has 0 bridgehead atoms. The Morgan fingerprint density at radius 3 is 2.43 bits per heavy atom. The third kappa shape index (κ3) is 5.72. The topological polar surface area (TPSA) is 83.4 Å². The van der Waals surface area contributed by atoms with Gasteiger partial charge in [0.1, 0.15) is 17.8 Å². The van der Waals surface area contributed by atoms with Crippen molar-refractivity contribution in [3.63, 3.8) is 0 Å². The molecule has 3 heterocycles. The Balaban J connectivity index is 1.50. The quantitative estimate of drug-likeness (QED) is 0.409. The molecule has 1 N–H and O–H groups in total. The number of halogens is 2. The highest BCUT2D eigenvalue weighted by atomic mass is 32.2. The van der Waals surface area contributed by atoms with Crippen LogP contribution in [0.15, 0.2) is 48.8 Å². The number of rotatable bonds is 9. The lowest BCUT2D eigenvalue weighted by Crippen LogP contribution is -2.46. The summed E-state index contributed by atoms with van der Waals surface area (Å²) in [5.41, 5.74) is 2.02. The van der Waals surface area contributed by atoms with E-state index in [9.17, 15) is 8.42 Å². The third-order valence-corrected chi connectivity index (χ3v) is 9.91. The van der Waals surface area contributed by atoms with Crippen molar-refractivity contribution in [3.8, 4) is 16.8 Å². The minimum atomic E-state index is -3.77. The fourth-order valence-corrected chi connectivity index (χ4v) is 7.47. The highest BCUT2D eigenvalue weighted by Crippen LogP contribution is 2.32. The van der Waals surface area contributed by atoms with Gasteiger partial charge in [0.15, 0.2) is 5.82 Å². The van der Waals surface area contributed by atoms with E-state index in [-0.39, 0.29) is 29.0 Å². The maximum atomic E-state index is 16.1. The smallest absolute Gasteiger partial charge is 0.233 e. The molecule has 0 radical (unpaired) electrons. The molecule has 1 atom stereocenters. The van der Waals surface area contributed by atoms with E-state index in [0.29, 0.717) is 10.9 Å². The van der Waals surface area contributed by atoms with Gasteiger partial charge in [0.05, 0.1) is 16.8 Å². The number of nitrogens with zero attached hydrogens (tertiary/aromatic N) is 5. The van der Waals surface area contributed by atoms with Gasteiger partial charge in [-0.2, -0.15) is 0 Å². The molecule has 3 aliphatic rings. The van der Waals surface area contributed by atoms with Gasteiger partial charge < -0.3 is 14.4 Å². The number of hydrogen-bond acceptors (Lipinski definition) is 6. The number of fused-ring (bicyclic) bond motifs is 1. The molecule has 42 heavy (non-hydrogen) atoms. The minimum Gasteiger partial charge on any atom is -0.372 e. The predicted molar refractivity (Wildman–Crippen MR) is 161 cm³/mol. The van der Waals surface area contributed by atoms with Crippen LogP contribution in [0.3, 0.4) is 0 Å². The van der Waals surface area contributed by atoms with Crippen LogP contribution in [-0.4, -0.2) is 71.2 Å². The molecule has 0 spiro atoms. The first-order valence-electron chi connectivity index (χ1n) is 14.6. The number of likely N-dealkylation sites (N-methyl/N-ethyl adjacent to an activating group) is 1. The summed E-state index contributed by atoms with van der Waals surface area (Å²) >= 11 is 0. The van der Waals surface area contributed by atoms with Gasteiger partial charge in [0.2, 0.25) is 10.0 Å². The van der Waals surface area contributed by atoms with Crippen molar-refractivity contribution in [2.24, 2.45) is 11.8 Å². The molecule has 0 amide bonds. The summed E-state index contributed by atoms with van der Waals surface area (Å²) in [6.45, 7) is 9.12. The van der Waals surface area contributed by atoms with Crippen LogP contribution in [0.4, 0.5) is 14.5 Å². The molecule has 11 heteroatoms. The fourth-order valence-electron chi connectivity index (χ4n) is 5.94. The zero-order valence-electron chi connectivity index (χ0n) is 23.9. The summed E-state index contributed by atoms with van der Waals surface area (Å²) in [4.78, 5) is 13.2. The molecule has 1 aliphatic heterocycles. The van der Waals surface area contributed by atoms with Crippen molar-refractivity contribution in [2.75, 3.05) is 43.2 Å². The van der Waals surface area contributed by atoms with E-state index in [4.69, 9.17) is 0 Å². The average molecular weight is 595 g/mol. The van der Waals surface area contributed by atoms with Gasteiger partial charge in [-0.1, -0.05) is 19.9 Å². The van der Waals surface area contributed by atoms with Crippen molar-refractivity contribution in [2.45, 2.75) is 33.1 Å². The molecule has 222 valence electrons. The minimum absolute atomic E-state index is 0.0720. The number of benzene rings is 1. The van der Waals surface area contributed by atoms with Gasteiger partial charge in [0, 0.05) is 72.7 Å². The highest BCUT2D eigenvalue weighted by molar-refractivity contribution is 7.92. The van der Waals surface area contributed by atoms with Crippen LogP contribution in [0.25, 0.3) is 29.0 Å². The Hall–Kier alpha value is -3.57. The Kier molecular flexibility index (Phi) is 7.89. The predicted octanol–water partition coefficient (Wildman–Crippen LogP) is 3.49. The SMILES string of the molecule is CCC1C=c2c(-c3cncnc3)cn(-c3c(F)ccc(NS(=O)(=O)CC4CC4)c3F)c2=CC=C1N1CCN(CC)CC1. The van der Waals surface area contributed by atoms with E-state index in [0.717, 1.165) is 74.9 Å². The molecule has 1 saturated heterocycles. The second-order valence-corrected chi connectivity index (χ2v) is 13.1. The Morgan fingerprint density at radius 1 is 1.02 bits per heavy atom. The standard InChI is InChI=1S/C31H36F2N6O2S/c1-3-22-15-24-25(23-16-34-20-35-17-23)18-39(29(24)10-9-28(22)38-13-11-37(4-2)12-14-38)31-26(32)7-8-27(30(31)33)36-42(40,41)19-21-5-6-21/h7-10,15-18,20-22,36H,3-6,11-14,19H2,1-2H3. The number of aromatic nitrogens is 3. The van der Waals surface area contributed by atoms with Crippen LogP contribution in [-0.2, 0) is 10.0 Å². The normalized spacial score (nSPS) is 19.4. The van der Waals surface area contributed by atoms with Crippen molar-refractivity contribution in [1.82, 2.24) is 24.3 Å². The summed E-state index contributed by atoms with van der Waals surface area (Å²) < 4.78 is 60.8. The van der Waals surface area contributed by atoms with Gasteiger partial charge in [-0.05, 0) is 56.0 Å². The third-order valence-electron chi connectivity index (χ3n) is 8.46. The van der Waals surface area contributed by atoms with E-state index in [1.165, 1.54) is 16.6 Å². The van der Waals surface area contributed by atoms with Crippen molar-refractivity contribution in [3.05, 3.63) is 71.0 Å². The van der Waals surface area contributed by atoms with Crippen LogP contribution in [0.5, 0.6) is 0 Å². The summed E-state index contributed by atoms with van der Waals surface area (Å²) in [5.74, 6) is -1.66. The number of anilines is 1.